The molecule has 0 bridgehead atoms. The number of nitrogens with zero attached hydrogens (tertiary/aromatic N) is 3. The fourth-order valence-electron chi connectivity index (χ4n) is 5.15. The molecule has 2 heterocycles. The molecule has 0 radical (unpaired) electrons. The standard InChI is InChI=1S/C30H27FN4O2/c1-20-7-4-8-21(17-20)29-27-13-6-16-33(27)25-11-2-3-12-26(25)35(29)28(36)19-34(24-14-15-24)30(37)32-23-10-5-9-22(31)18-23/h2-13,16-18,24,29H,14-15,19H2,1H3,(H,32,37). The average Bonchev–Trinajstić information content (AvgIpc) is 3.61. The SMILES string of the molecule is Cc1cccc(C2c3cccn3-c3ccccc3N2C(=O)CN(C(=O)Nc2cccc(F)c2)C2CC2)c1. The number of aromatic nitrogens is 1. The first-order valence-electron chi connectivity index (χ1n) is 12.5. The smallest absolute Gasteiger partial charge is 0.316 e. The average molecular weight is 495 g/mol. The van der Waals surface area contributed by atoms with Gasteiger partial charge in [-0.2, -0.15) is 0 Å². The molecule has 2 aliphatic rings. The van der Waals surface area contributed by atoms with Crippen LogP contribution in [0.4, 0.5) is 20.6 Å². The Morgan fingerprint density at radius 2 is 1.73 bits per heavy atom. The number of carbonyl (C=O) groups is 2. The Bertz CT molecular complexity index is 1490. The van der Waals surface area contributed by atoms with E-state index in [1.807, 2.05) is 72.6 Å². The van der Waals surface area contributed by atoms with E-state index in [0.29, 0.717) is 5.69 Å². The summed E-state index contributed by atoms with van der Waals surface area (Å²) in [5.41, 5.74) is 5.17. The van der Waals surface area contributed by atoms with E-state index in [2.05, 4.69) is 16.0 Å². The van der Waals surface area contributed by atoms with Crippen molar-refractivity contribution in [2.45, 2.75) is 31.8 Å². The molecule has 1 unspecified atom stereocenters. The molecule has 0 saturated heterocycles. The Kier molecular flexibility index (Phi) is 5.75. The third-order valence-electron chi connectivity index (χ3n) is 6.98. The van der Waals surface area contributed by atoms with Crippen LogP contribution in [0.15, 0.2) is 91.1 Å². The van der Waals surface area contributed by atoms with E-state index >= 15 is 0 Å². The van der Waals surface area contributed by atoms with E-state index in [1.54, 1.807) is 17.0 Å². The highest BCUT2D eigenvalue weighted by Crippen LogP contribution is 2.42. The Hall–Kier alpha value is -4.39. The molecule has 186 valence electrons. The van der Waals surface area contributed by atoms with Gasteiger partial charge >= 0.3 is 6.03 Å². The van der Waals surface area contributed by atoms with Crippen LogP contribution < -0.4 is 10.2 Å². The summed E-state index contributed by atoms with van der Waals surface area (Å²) in [6.07, 6.45) is 3.69. The first kappa shape index (κ1) is 23.0. The lowest BCUT2D eigenvalue weighted by atomic mass is 9.96. The monoisotopic (exact) mass is 494 g/mol. The van der Waals surface area contributed by atoms with Crippen molar-refractivity contribution in [2.24, 2.45) is 0 Å². The van der Waals surface area contributed by atoms with Crippen molar-refractivity contribution in [1.82, 2.24) is 9.47 Å². The largest absolute Gasteiger partial charge is 0.322 e. The molecule has 0 spiro atoms. The second-order valence-corrected chi connectivity index (χ2v) is 9.67. The number of anilines is 2. The third-order valence-corrected chi connectivity index (χ3v) is 6.98. The molecule has 4 aromatic rings. The van der Waals surface area contributed by atoms with Crippen molar-refractivity contribution in [2.75, 3.05) is 16.8 Å². The molecule has 1 aliphatic heterocycles. The maximum absolute atomic E-state index is 14.1. The van der Waals surface area contributed by atoms with Gasteiger partial charge in [0.2, 0.25) is 5.91 Å². The summed E-state index contributed by atoms with van der Waals surface area (Å²) in [6, 6.07) is 25.1. The van der Waals surface area contributed by atoms with Crippen LogP contribution in [0.25, 0.3) is 5.69 Å². The topological polar surface area (TPSA) is 57.6 Å². The van der Waals surface area contributed by atoms with E-state index in [1.165, 1.54) is 12.1 Å². The molecule has 1 atom stereocenters. The van der Waals surface area contributed by atoms with Crippen LogP contribution in [-0.4, -0.2) is 34.0 Å². The summed E-state index contributed by atoms with van der Waals surface area (Å²) in [7, 11) is 0. The highest BCUT2D eigenvalue weighted by Gasteiger charge is 2.40. The lowest BCUT2D eigenvalue weighted by Crippen LogP contribution is -2.48. The van der Waals surface area contributed by atoms with Gasteiger partial charge in [0.1, 0.15) is 18.4 Å². The van der Waals surface area contributed by atoms with Gasteiger partial charge in [0.15, 0.2) is 0 Å². The first-order chi connectivity index (χ1) is 18.0. The molecule has 3 amide bonds. The van der Waals surface area contributed by atoms with E-state index in [0.717, 1.165) is 41.0 Å². The number of benzene rings is 3. The number of aryl methyl sites for hydroxylation is 1. The molecule has 1 aliphatic carbocycles. The van der Waals surface area contributed by atoms with Crippen molar-refractivity contribution >= 4 is 23.3 Å². The fraction of sp³-hybridized carbons (Fsp3) is 0.200. The fourth-order valence-corrected chi connectivity index (χ4v) is 5.15. The molecule has 1 fully saturated rings. The minimum absolute atomic E-state index is 0.0150. The molecule has 1 saturated carbocycles. The predicted molar refractivity (Wildman–Crippen MR) is 141 cm³/mol. The maximum atomic E-state index is 14.1. The highest BCUT2D eigenvalue weighted by molar-refractivity contribution is 6.01. The van der Waals surface area contributed by atoms with Crippen LogP contribution in [0, 0.1) is 12.7 Å². The van der Waals surface area contributed by atoms with Gasteiger partial charge in [0.05, 0.1) is 17.1 Å². The Morgan fingerprint density at radius 3 is 2.49 bits per heavy atom. The number of amides is 3. The number of para-hydroxylation sites is 2. The molecule has 7 heteroatoms. The van der Waals surface area contributed by atoms with Crippen LogP contribution in [0.3, 0.4) is 0 Å². The van der Waals surface area contributed by atoms with Gasteiger partial charge in [-0.1, -0.05) is 48.0 Å². The Morgan fingerprint density at radius 1 is 0.946 bits per heavy atom. The summed E-state index contributed by atoms with van der Waals surface area (Å²) in [6.45, 7) is 1.96. The number of hydrogen-bond donors (Lipinski definition) is 1. The first-order valence-corrected chi connectivity index (χ1v) is 12.5. The Labute approximate surface area is 214 Å². The molecular weight excluding hydrogens is 467 g/mol. The minimum Gasteiger partial charge on any atom is -0.316 e. The van der Waals surface area contributed by atoms with Crippen LogP contribution in [0.5, 0.6) is 0 Å². The van der Waals surface area contributed by atoms with Crippen molar-refractivity contribution in [3.05, 3.63) is 114 Å². The summed E-state index contributed by atoms with van der Waals surface area (Å²) < 4.78 is 15.8. The molecular formula is C30H27FN4O2. The number of rotatable bonds is 5. The van der Waals surface area contributed by atoms with Crippen LogP contribution in [0.1, 0.15) is 35.7 Å². The van der Waals surface area contributed by atoms with E-state index in [4.69, 9.17) is 0 Å². The minimum atomic E-state index is -0.430. The van der Waals surface area contributed by atoms with Gasteiger partial charge in [-0.15, -0.1) is 0 Å². The summed E-state index contributed by atoms with van der Waals surface area (Å²) in [4.78, 5) is 30.8. The van der Waals surface area contributed by atoms with Crippen LogP contribution in [0.2, 0.25) is 0 Å². The van der Waals surface area contributed by atoms with Crippen LogP contribution in [-0.2, 0) is 4.79 Å². The molecule has 6 nitrogen and oxygen atoms in total. The second-order valence-electron chi connectivity index (χ2n) is 9.67. The van der Waals surface area contributed by atoms with Crippen molar-refractivity contribution < 1.29 is 14.0 Å². The third kappa shape index (κ3) is 4.37. The van der Waals surface area contributed by atoms with E-state index < -0.39 is 11.8 Å². The number of urea groups is 1. The zero-order valence-electron chi connectivity index (χ0n) is 20.5. The summed E-state index contributed by atoms with van der Waals surface area (Å²) >= 11 is 0. The molecule has 1 aromatic heterocycles. The zero-order chi connectivity index (χ0) is 25.5. The van der Waals surface area contributed by atoms with Crippen LogP contribution >= 0.6 is 0 Å². The lowest BCUT2D eigenvalue weighted by molar-refractivity contribution is -0.119. The highest BCUT2D eigenvalue weighted by atomic mass is 19.1. The molecule has 1 N–H and O–H groups in total. The van der Waals surface area contributed by atoms with Gasteiger partial charge in [-0.3, -0.25) is 9.69 Å². The van der Waals surface area contributed by atoms with Gasteiger partial charge in [0.25, 0.3) is 0 Å². The zero-order valence-corrected chi connectivity index (χ0v) is 20.5. The number of nitrogens with one attached hydrogen (secondary N) is 1. The second kappa shape index (κ2) is 9.24. The summed E-state index contributed by atoms with van der Waals surface area (Å²) in [5.74, 6) is -0.603. The van der Waals surface area contributed by atoms with Gasteiger partial charge in [-0.05, 0) is 67.8 Å². The quantitative estimate of drug-likeness (QED) is 0.367. The van der Waals surface area contributed by atoms with E-state index in [9.17, 15) is 14.0 Å². The predicted octanol–water partition coefficient (Wildman–Crippen LogP) is 6.06. The van der Waals surface area contributed by atoms with Gasteiger partial charge in [-0.25, -0.2) is 9.18 Å². The number of hydrogen-bond acceptors (Lipinski definition) is 2. The van der Waals surface area contributed by atoms with Crippen molar-refractivity contribution in [1.29, 1.82) is 0 Å². The van der Waals surface area contributed by atoms with Crippen molar-refractivity contribution in [3.8, 4) is 5.69 Å². The molecule has 6 rings (SSSR count). The number of carbonyl (C=O) groups excluding carboxylic acids is 2. The normalized spacial score (nSPS) is 16.1. The van der Waals surface area contributed by atoms with Crippen molar-refractivity contribution in [3.63, 3.8) is 0 Å². The van der Waals surface area contributed by atoms with E-state index in [-0.39, 0.29) is 24.5 Å². The number of fused-ring (bicyclic) bond motifs is 3. The lowest BCUT2D eigenvalue weighted by Gasteiger charge is -2.39. The molecule has 37 heavy (non-hydrogen) atoms. The van der Waals surface area contributed by atoms with Gasteiger partial charge < -0.3 is 14.8 Å². The number of halogens is 1. The van der Waals surface area contributed by atoms with Gasteiger partial charge in [0, 0.05) is 17.9 Å². The molecule has 3 aromatic carbocycles. The maximum Gasteiger partial charge on any atom is 0.322 e. The Balaban J connectivity index is 1.36. The summed E-state index contributed by atoms with van der Waals surface area (Å²) in [5, 5.41) is 2.77.